The van der Waals surface area contributed by atoms with Crippen molar-refractivity contribution in [3.05, 3.63) is 75.4 Å². The number of benzene rings is 2. The molecule has 150 valence electrons. The Morgan fingerprint density at radius 2 is 1.72 bits per heavy atom. The van der Waals surface area contributed by atoms with Gasteiger partial charge in [-0.1, -0.05) is 55.8 Å². The highest BCUT2D eigenvalue weighted by molar-refractivity contribution is 6.31. The molecule has 2 aromatic carbocycles. The lowest BCUT2D eigenvalue weighted by Gasteiger charge is -2.43. The second-order valence-corrected chi connectivity index (χ2v) is 9.48. The molecule has 1 heterocycles. The molecule has 1 amide bonds. The molecule has 0 N–H and O–H groups in total. The molecular weight excluding hydrogens is 382 g/mol. The fourth-order valence-electron chi connectivity index (χ4n) is 4.68. The molecule has 0 radical (unpaired) electrons. The van der Waals surface area contributed by atoms with Gasteiger partial charge in [0.2, 0.25) is 5.91 Å². The fraction of sp³-hybridized carbons (Fsp3) is 0.360. The minimum atomic E-state index is -0.184. The van der Waals surface area contributed by atoms with Crippen LogP contribution in [0.5, 0.6) is 0 Å². The number of anilines is 1. The summed E-state index contributed by atoms with van der Waals surface area (Å²) >= 11 is 6.36. The zero-order valence-corrected chi connectivity index (χ0v) is 18.1. The summed E-state index contributed by atoms with van der Waals surface area (Å²) in [5.74, 6) is -0.0119. The Morgan fingerprint density at radius 3 is 2.41 bits per heavy atom. The smallest absolute Gasteiger partial charge is 0.232 e. The maximum Gasteiger partial charge on any atom is 0.232 e. The Hall–Kier alpha value is -2.39. The molecule has 1 atom stereocenters. The Bertz CT molecular complexity index is 1050. The third kappa shape index (κ3) is 3.53. The topological polar surface area (TPSA) is 37.4 Å². The van der Waals surface area contributed by atoms with Gasteiger partial charge in [-0.3, -0.25) is 14.5 Å². The van der Waals surface area contributed by atoms with Gasteiger partial charge in [0.1, 0.15) is 0 Å². The number of allylic oxidation sites excluding steroid dienone is 2. The highest BCUT2D eigenvalue weighted by Crippen LogP contribution is 2.48. The van der Waals surface area contributed by atoms with Crippen LogP contribution in [0, 0.1) is 19.3 Å². The van der Waals surface area contributed by atoms with Crippen molar-refractivity contribution in [3.8, 4) is 0 Å². The predicted octanol–water partition coefficient (Wildman–Crippen LogP) is 6.12. The van der Waals surface area contributed by atoms with Crippen LogP contribution in [0.4, 0.5) is 5.69 Å². The zero-order valence-electron chi connectivity index (χ0n) is 17.4. The van der Waals surface area contributed by atoms with Crippen molar-refractivity contribution in [1.29, 1.82) is 0 Å². The molecule has 3 nitrogen and oxygen atoms in total. The van der Waals surface area contributed by atoms with Gasteiger partial charge in [-0.15, -0.1) is 0 Å². The van der Waals surface area contributed by atoms with Crippen molar-refractivity contribution in [2.75, 3.05) is 4.90 Å². The number of Topliss-reactive ketones (excluding diaryl/α,β-unsaturated/α-hetero) is 1. The molecule has 1 aliphatic heterocycles. The number of hydrogen-bond acceptors (Lipinski definition) is 2. The molecule has 4 heteroatoms. The van der Waals surface area contributed by atoms with Gasteiger partial charge in [0.25, 0.3) is 0 Å². The van der Waals surface area contributed by atoms with Crippen LogP contribution in [-0.4, -0.2) is 11.7 Å². The third-order valence-corrected chi connectivity index (χ3v) is 6.53. The molecular formula is C25H26ClNO2. The van der Waals surface area contributed by atoms with Gasteiger partial charge in [0, 0.05) is 35.1 Å². The maximum absolute atomic E-state index is 13.4. The van der Waals surface area contributed by atoms with E-state index in [1.165, 1.54) is 0 Å². The van der Waals surface area contributed by atoms with Gasteiger partial charge >= 0.3 is 0 Å². The summed E-state index contributed by atoms with van der Waals surface area (Å²) in [6.07, 6.45) is 1.49. The lowest BCUT2D eigenvalue weighted by atomic mass is 9.69. The van der Waals surface area contributed by atoms with E-state index in [0.29, 0.717) is 24.3 Å². The van der Waals surface area contributed by atoms with Gasteiger partial charge < -0.3 is 0 Å². The molecule has 1 aliphatic carbocycles. The summed E-state index contributed by atoms with van der Waals surface area (Å²) < 4.78 is 0. The number of aryl methyl sites for hydroxylation is 2. The molecule has 0 bridgehead atoms. The Balaban J connectivity index is 1.92. The van der Waals surface area contributed by atoms with E-state index < -0.39 is 0 Å². The summed E-state index contributed by atoms with van der Waals surface area (Å²) in [5.41, 5.74) is 5.35. The molecule has 0 aromatic heterocycles. The monoisotopic (exact) mass is 407 g/mol. The van der Waals surface area contributed by atoms with E-state index in [2.05, 4.69) is 13.8 Å². The summed E-state index contributed by atoms with van der Waals surface area (Å²) in [4.78, 5) is 28.5. The van der Waals surface area contributed by atoms with Crippen LogP contribution in [-0.2, 0) is 9.59 Å². The van der Waals surface area contributed by atoms with Crippen LogP contribution in [0.3, 0.4) is 0 Å². The first-order valence-electron chi connectivity index (χ1n) is 10.1. The van der Waals surface area contributed by atoms with Crippen molar-refractivity contribution in [1.82, 2.24) is 0 Å². The van der Waals surface area contributed by atoms with Crippen LogP contribution < -0.4 is 4.90 Å². The largest absolute Gasteiger partial charge is 0.294 e. The number of rotatable bonds is 2. The molecule has 0 spiro atoms. The van der Waals surface area contributed by atoms with E-state index >= 15 is 0 Å². The summed E-state index contributed by atoms with van der Waals surface area (Å²) in [5, 5.41) is 0.625. The van der Waals surface area contributed by atoms with Crippen molar-refractivity contribution in [2.24, 2.45) is 5.41 Å². The lowest BCUT2D eigenvalue weighted by Crippen LogP contribution is -2.43. The normalized spacial score (nSPS) is 21.4. The number of hydrogen-bond donors (Lipinski definition) is 0. The van der Waals surface area contributed by atoms with Crippen LogP contribution in [0.1, 0.15) is 55.7 Å². The van der Waals surface area contributed by atoms with E-state index in [1.807, 2.05) is 56.3 Å². The standard InChI is InChI=1S/C25H26ClNO2/c1-15-7-5-6-8-18(15)19-12-23(29)27(17-10-9-16(2)20(26)11-17)21-13-25(3,4)14-22(28)24(19)21/h5-11,19H,12-14H2,1-4H3. The minimum absolute atomic E-state index is 0.0161. The number of carbonyl (C=O) groups excluding carboxylic acids is 2. The first-order valence-corrected chi connectivity index (χ1v) is 10.5. The third-order valence-electron chi connectivity index (χ3n) is 6.12. The summed E-state index contributed by atoms with van der Waals surface area (Å²) in [6.45, 7) is 8.17. The maximum atomic E-state index is 13.4. The lowest BCUT2D eigenvalue weighted by molar-refractivity contribution is -0.121. The number of ketones is 1. The number of carbonyl (C=O) groups is 2. The van der Waals surface area contributed by atoms with Crippen molar-refractivity contribution >= 4 is 29.0 Å². The Morgan fingerprint density at radius 1 is 1.00 bits per heavy atom. The van der Waals surface area contributed by atoms with E-state index in [0.717, 1.165) is 33.6 Å². The van der Waals surface area contributed by atoms with Gasteiger partial charge in [-0.2, -0.15) is 0 Å². The average molecular weight is 408 g/mol. The first-order chi connectivity index (χ1) is 13.7. The van der Waals surface area contributed by atoms with E-state index in [4.69, 9.17) is 11.6 Å². The molecule has 2 aliphatic rings. The average Bonchev–Trinajstić information content (AvgIpc) is 2.63. The van der Waals surface area contributed by atoms with Crippen LogP contribution in [0.25, 0.3) is 0 Å². The first kappa shape index (κ1) is 19.9. The zero-order chi connectivity index (χ0) is 20.9. The molecule has 0 saturated carbocycles. The summed E-state index contributed by atoms with van der Waals surface area (Å²) in [7, 11) is 0. The Labute approximate surface area is 177 Å². The van der Waals surface area contributed by atoms with E-state index in [1.54, 1.807) is 4.90 Å². The van der Waals surface area contributed by atoms with Gasteiger partial charge in [0.05, 0.1) is 5.69 Å². The predicted molar refractivity (Wildman–Crippen MR) is 117 cm³/mol. The minimum Gasteiger partial charge on any atom is -0.294 e. The molecule has 29 heavy (non-hydrogen) atoms. The fourth-order valence-corrected chi connectivity index (χ4v) is 4.85. The van der Waals surface area contributed by atoms with Crippen molar-refractivity contribution < 1.29 is 9.59 Å². The van der Waals surface area contributed by atoms with Gasteiger partial charge in [0.15, 0.2) is 5.78 Å². The number of nitrogens with zero attached hydrogens (tertiary/aromatic N) is 1. The molecule has 4 rings (SSSR count). The molecule has 0 saturated heterocycles. The SMILES string of the molecule is Cc1ccc(N2C(=O)CC(c3ccccc3C)C3=C2CC(C)(C)CC3=O)cc1Cl. The Kier molecular flexibility index (Phi) is 4.90. The van der Waals surface area contributed by atoms with E-state index in [9.17, 15) is 9.59 Å². The molecule has 0 fully saturated rings. The quantitative estimate of drug-likeness (QED) is 0.601. The summed E-state index contributed by atoms with van der Waals surface area (Å²) in [6, 6.07) is 13.7. The van der Waals surface area contributed by atoms with Crippen LogP contribution in [0.2, 0.25) is 5.02 Å². The molecule has 2 aromatic rings. The second kappa shape index (κ2) is 7.14. The van der Waals surface area contributed by atoms with Crippen LogP contribution in [0.15, 0.2) is 53.7 Å². The highest BCUT2D eigenvalue weighted by atomic mass is 35.5. The van der Waals surface area contributed by atoms with E-state index in [-0.39, 0.29) is 23.0 Å². The second-order valence-electron chi connectivity index (χ2n) is 9.08. The number of amides is 1. The van der Waals surface area contributed by atoms with Crippen molar-refractivity contribution in [2.45, 2.75) is 52.9 Å². The molecule has 1 unspecified atom stereocenters. The highest BCUT2D eigenvalue weighted by Gasteiger charge is 2.44. The van der Waals surface area contributed by atoms with Crippen molar-refractivity contribution in [3.63, 3.8) is 0 Å². The number of halogens is 1. The van der Waals surface area contributed by atoms with Gasteiger partial charge in [-0.05, 0) is 54.5 Å². The van der Waals surface area contributed by atoms with Gasteiger partial charge in [-0.25, -0.2) is 0 Å². The van der Waals surface area contributed by atoms with Crippen LogP contribution >= 0.6 is 11.6 Å².